The molecule has 0 bridgehead atoms. The summed E-state index contributed by atoms with van der Waals surface area (Å²) >= 11 is 1.54. The number of carbonyl (C=O) groups is 2. The quantitative estimate of drug-likeness (QED) is 0.429. The predicted octanol–water partition coefficient (Wildman–Crippen LogP) is 3.17. The molecule has 0 radical (unpaired) electrons. The Hall–Kier alpha value is -2.94. The van der Waals surface area contributed by atoms with Crippen LogP contribution >= 0.6 is 11.3 Å². The van der Waals surface area contributed by atoms with Crippen LogP contribution in [0, 0.1) is 10.1 Å². The van der Waals surface area contributed by atoms with Crippen LogP contribution in [0.15, 0.2) is 35.7 Å². The summed E-state index contributed by atoms with van der Waals surface area (Å²) < 4.78 is 10.0. The third-order valence-electron chi connectivity index (χ3n) is 3.49. The fourth-order valence-corrected chi connectivity index (χ4v) is 2.83. The molecule has 9 heteroatoms. The van der Waals surface area contributed by atoms with Crippen molar-refractivity contribution >= 4 is 34.6 Å². The molecule has 1 amide bonds. The van der Waals surface area contributed by atoms with Crippen molar-refractivity contribution in [1.29, 1.82) is 0 Å². The third kappa shape index (κ3) is 5.28. The second kappa shape index (κ2) is 8.95. The Labute approximate surface area is 153 Å². The molecule has 0 saturated heterocycles. The van der Waals surface area contributed by atoms with Gasteiger partial charge in [-0.25, -0.2) is 0 Å². The third-order valence-corrected chi connectivity index (χ3v) is 4.43. The lowest BCUT2D eigenvalue weighted by molar-refractivity contribution is -0.384. The molecular formula is C17H18N2O6S. The summed E-state index contributed by atoms with van der Waals surface area (Å²) in [4.78, 5) is 35.6. The van der Waals surface area contributed by atoms with Crippen molar-refractivity contribution in [2.45, 2.75) is 25.9 Å². The van der Waals surface area contributed by atoms with Gasteiger partial charge in [-0.05, 0) is 36.9 Å². The van der Waals surface area contributed by atoms with Gasteiger partial charge in [-0.1, -0.05) is 6.07 Å². The number of hydrogen-bond acceptors (Lipinski definition) is 7. The van der Waals surface area contributed by atoms with Crippen molar-refractivity contribution in [1.82, 2.24) is 0 Å². The number of thiophene rings is 1. The van der Waals surface area contributed by atoms with Crippen LogP contribution in [0.25, 0.3) is 0 Å². The lowest BCUT2D eigenvalue weighted by Crippen LogP contribution is -2.30. The molecule has 1 heterocycles. The van der Waals surface area contributed by atoms with Crippen LogP contribution in [0.1, 0.15) is 18.2 Å². The summed E-state index contributed by atoms with van der Waals surface area (Å²) in [6.45, 7) is 1.41. The molecule has 26 heavy (non-hydrogen) atoms. The number of amides is 1. The number of nitro benzene ring substituents is 1. The van der Waals surface area contributed by atoms with E-state index in [4.69, 9.17) is 9.47 Å². The molecule has 0 aliphatic rings. The Morgan fingerprint density at radius 2 is 2.12 bits per heavy atom. The highest BCUT2D eigenvalue weighted by molar-refractivity contribution is 7.09. The maximum absolute atomic E-state index is 12.2. The topological polar surface area (TPSA) is 108 Å². The number of nitro groups is 1. The molecule has 0 unspecified atom stereocenters. The second-order valence-corrected chi connectivity index (χ2v) is 6.37. The maximum atomic E-state index is 12.2. The average Bonchev–Trinajstić information content (AvgIpc) is 3.13. The molecule has 8 nitrogen and oxygen atoms in total. The van der Waals surface area contributed by atoms with E-state index >= 15 is 0 Å². The Morgan fingerprint density at radius 1 is 1.35 bits per heavy atom. The van der Waals surface area contributed by atoms with Gasteiger partial charge in [0.05, 0.1) is 24.5 Å². The van der Waals surface area contributed by atoms with Crippen LogP contribution in [0.2, 0.25) is 0 Å². The number of anilines is 1. The van der Waals surface area contributed by atoms with Gasteiger partial charge >= 0.3 is 5.97 Å². The lowest BCUT2D eigenvalue weighted by Gasteiger charge is -2.14. The monoisotopic (exact) mass is 378 g/mol. The molecule has 1 atom stereocenters. The molecule has 0 spiro atoms. The number of rotatable bonds is 8. The van der Waals surface area contributed by atoms with Crippen molar-refractivity contribution in [2.24, 2.45) is 0 Å². The first kappa shape index (κ1) is 19.4. The van der Waals surface area contributed by atoms with E-state index in [2.05, 4.69) is 5.32 Å². The standard InChI is InChI=1S/C17H18N2O6S/c1-11(25-16(20)8-6-13-4-3-9-26-13)17(21)18-14-7-5-12(24-2)10-15(14)19(22)23/h3-5,7,9-11H,6,8H2,1-2H3,(H,18,21)/t11-/m0/s1. The van der Waals surface area contributed by atoms with E-state index in [0.717, 1.165) is 4.88 Å². The highest BCUT2D eigenvalue weighted by Gasteiger charge is 2.22. The minimum absolute atomic E-state index is 0.00212. The molecule has 138 valence electrons. The smallest absolute Gasteiger partial charge is 0.306 e. The van der Waals surface area contributed by atoms with E-state index in [1.54, 1.807) is 0 Å². The summed E-state index contributed by atoms with van der Waals surface area (Å²) in [5.41, 5.74) is -0.309. The molecule has 1 N–H and O–H groups in total. The molecule has 1 aromatic carbocycles. The summed E-state index contributed by atoms with van der Waals surface area (Å²) in [5.74, 6) is -0.865. The molecule has 0 aliphatic carbocycles. The Balaban J connectivity index is 1.94. The molecule has 0 saturated carbocycles. The number of nitrogens with zero attached hydrogens (tertiary/aromatic N) is 1. The Bertz CT molecular complexity index is 791. The minimum atomic E-state index is -1.08. The molecule has 0 aliphatic heterocycles. The van der Waals surface area contributed by atoms with E-state index in [-0.39, 0.29) is 17.8 Å². The van der Waals surface area contributed by atoms with E-state index in [1.807, 2.05) is 17.5 Å². The second-order valence-electron chi connectivity index (χ2n) is 5.34. The molecule has 1 aromatic heterocycles. The predicted molar refractivity (Wildman–Crippen MR) is 96.5 cm³/mol. The van der Waals surface area contributed by atoms with Gasteiger partial charge in [0.25, 0.3) is 11.6 Å². The number of benzene rings is 1. The van der Waals surface area contributed by atoms with Crippen molar-refractivity contribution in [3.8, 4) is 5.75 Å². The fourth-order valence-electron chi connectivity index (χ4n) is 2.12. The first-order valence-electron chi connectivity index (χ1n) is 7.76. The van der Waals surface area contributed by atoms with Gasteiger partial charge < -0.3 is 14.8 Å². The highest BCUT2D eigenvalue weighted by Crippen LogP contribution is 2.29. The fraction of sp³-hybridized carbons (Fsp3) is 0.294. The molecular weight excluding hydrogens is 360 g/mol. The van der Waals surface area contributed by atoms with Crippen LogP contribution in [0.4, 0.5) is 11.4 Å². The maximum Gasteiger partial charge on any atom is 0.306 e. The minimum Gasteiger partial charge on any atom is -0.496 e. The number of aryl methyl sites for hydroxylation is 1. The van der Waals surface area contributed by atoms with E-state index < -0.39 is 22.9 Å². The van der Waals surface area contributed by atoms with Crippen LogP contribution in [0.3, 0.4) is 0 Å². The summed E-state index contributed by atoms with van der Waals surface area (Å²) in [6.07, 6.45) is -0.386. The number of hydrogen-bond donors (Lipinski definition) is 1. The highest BCUT2D eigenvalue weighted by atomic mass is 32.1. The largest absolute Gasteiger partial charge is 0.496 e. The Morgan fingerprint density at radius 3 is 2.73 bits per heavy atom. The summed E-state index contributed by atoms with van der Waals surface area (Å²) in [5, 5.41) is 15.5. The van der Waals surface area contributed by atoms with E-state index in [1.165, 1.54) is 43.6 Å². The van der Waals surface area contributed by atoms with Crippen LogP contribution < -0.4 is 10.1 Å². The normalized spacial score (nSPS) is 11.5. The molecule has 2 rings (SSSR count). The first-order valence-corrected chi connectivity index (χ1v) is 8.64. The van der Waals surface area contributed by atoms with E-state index in [9.17, 15) is 19.7 Å². The zero-order chi connectivity index (χ0) is 19.1. The average molecular weight is 378 g/mol. The summed E-state index contributed by atoms with van der Waals surface area (Å²) in [7, 11) is 1.38. The van der Waals surface area contributed by atoms with Crippen LogP contribution in [0.5, 0.6) is 5.75 Å². The van der Waals surface area contributed by atoms with Crippen molar-refractivity contribution in [2.75, 3.05) is 12.4 Å². The van der Waals surface area contributed by atoms with Gasteiger partial charge in [0.15, 0.2) is 6.10 Å². The summed E-state index contributed by atoms with van der Waals surface area (Å²) in [6, 6.07) is 7.86. The number of methoxy groups -OCH3 is 1. The van der Waals surface area contributed by atoms with E-state index in [0.29, 0.717) is 12.2 Å². The zero-order valence-electron chi connectivity index (χ0n) is 14.3. The molecule has 2 aromatic rings. The number of carbonyl (C=O) groups excluding carboxylic acids is 2. The molecule has 0 fully saturated rings. The van der Waals surface area contributed by atoms with Gasteiger partial charge in [0.1, 0.15) is 11.4 Å². The van der Waals surface area contributed by atoms with Crippen LogP contribution in [-0.4, -0.2) is 30.0 Å². The van der Waals surface area contributed by atoms with Gasteiger partial charge in [-0.15, -0.1) is 11.3 Å². The SMILES string of the molecule is COc1ccc(NC(=O)[C@H](C)OC(=O)CCc2cccs2)c([N+](=O)[O-])c1. The van der Waals surface area contributed by atoms with Crippen molar-refractivity contribution < 1.29 is 24.0 Å². The zero-order valence-corrected chi connectivity index (χ0v) is 15.1. The Kier molecular flexibility index (Phi) is 6.67. The van der Waals surface area contributed by atoms with Gasteiger partial charge in [-0.3, -0.25) is 19.7 Å². The van der Waals surface area contributed by atoms with Crippen molar-refractivity contribution in [3.63, 3.8) is 0 Å². The number of nitrogens with one attached hydrogen (secondary N) is 1. The lowest BCUT2D eigenvalue weighted by atomic mass is 10.2. The van der Waals surface area contributed by atoms with Crippen molar-refractivity contribution in [3.05, 3.63) is 50.7 Å². The number of esters is 1. The van der Waals surface area contributed by atoms with Gasteiger partial charge in [0, 0.05) is 4.88 Å². The van der Waals surface area contributed by atoms with Gasteiger partial charge in [0.2, 0.25) is 0 Å². The first-order chi connectivity index (χ1) is 12.4. The number of ether oxygens (including phenoxy) is 2. The van der Waals surface area contributed by atoms with Crippen LogP contribution in [-0.2, 0) is 20.7 Å². The van der Waals surface area contributed by atoms with Gasteiger partial charge in [-0.2, -0.15) is 0 Å².